The normalized spacial score (nSPS) is 18.5. The summed E-state index contributed by atoms with van der Waals surface area (Å²) in [6.07, 6.45) is 9.02. The summed E-state index contributed by atoms with van der Waals surface area (Å²) < 4.78 is 1.89. The Kier molecular flexibility index (Phi) is 3.22. The van der Waals surface area contributed by atoms with E-state index in [1.165, 1.54) is 0 Å². The lowest BCUT2D eigenvalue weighted by molar-refractivity contribution is -0.129. The molecule has 6 heteroatoms. The van der Waals surface area contributed by atoms with E-state index in [1.807, 2.05) is 22.6 Å². The van der Waals surface area contributed by atoms with E-state index in [-0.39, 0.29) is 11.9 Å². The minimum atomic E-state index is 0.0452. The number of likely N-dealkylation sites (tertiary alicyclic amines) is 1. The van der Waals surface area contributed by atoms with E-state index in [0.717, 1.165) is 36.7 Å². The number of hydrogen-bond donors (Lipinski definition) is 0. The number of carbonyl (C=O) groups excluding carboxylic acids is 1. The molecule has 0 unspecified atom stereocenters. The number of aryl methyl sites for hydroxylation is 1. The number of nitrogens with zero attached hydrogens (tertiary/aromatic N) is 5. The van der Waals surface area contributed by atoms with Gasteiger partial charge in [0.1, 0.15) is 5.82 Å². The number of amides is 1. The summed E-state index contributed by atoms with van der Waals surface area (Å²) >= 11 is 0. The largest absolute Gasteiger partial charge is 0.334 e. The number of hydrogen-bond acceptors (Lipinski definition) is 4. The monoisotopic (exact) mass is 271 g/mol. The Bertz CT molecular complexity index is 636. The number of aromatic nitrogens is 4. The second-order valence-corrected chi connectivity index (χ2v) is 5.02. The van der Waals surface area contributed by atoms with Crippen molar-refractivity contribution in [3.05, 3.63) is 36.3 Å². The molecule has 0 radical (unpaired) electrons. The molecule has 1 amide bonds. The highest BCUT2D eigenvalue weighted by molar-refractivity contribution is 5.74. The first-order valence-corrected chi connectivity index (χ1v) is 6.76. The van der Waals surface area contributed by atoms with Crippen molar-refractivity contribution in [2.24, 2.45) is 0 Å². The molecule has 20 heavy (non-hydrogen) atoms. The van der Waals surface area contributed by atoms with Gasteiger partial charge in [0.25, 0.3) is 0 Å². The summed E-state index contributed by atoms with van der Waals surface area (Å²) in [6.45, 7) is 4.33. The van der Waals surface area contributed by atoms with Crippen LogP contribution in [-0.4, -0.2) is 36.9 Å². The van der Waals surface area contributed by atoms with Gasteiger partial charge in [-0.25, -0.2) is 9.97 Å². The molecule has 104 valence electrons. The quantitative estimate of drug-likeness (QED) is 0.833. The smallest absolute Gasteiger partial charge is 0.220 e. The molecule has 0 saturated carbocycles. The van der Waals surface area contributed by atoms with Crippen LogP contribution in [-0.2, 0) is 4.79 Å². The molecule has 0 bridgehead atoms. The Labute approximate surface area is 117 Å². The summed E-state index contributed by atoms with van der Waals surface area (Å²) in [6, 6.07) is 0.0452. The SMILES string of the molecule is CC(=O)N1CCC[C@@H]1c1cncc(-n2ccnc2C)n1. The molecule has 2 aromatic rings. The van der Waals surface area contributed by atoms with Gasteiger partial charge in [-0.3, -0.25) is 14.3 Å². The van der Waals surface area contributed by atoms with Gasteiger partial charge in [-0.1, -0.05) is 0 Å². The molecule has 1 saturated heterocycles. The Morgan fingerprint density at radius 1 is 1.40 bits per heavy atom. The maximum atomic E-state index is 11.7. The number of carbonyl (C=O) groups is 1. The summed E-state index contributed by atoms with van der Waals surface area (Å²) in [5, 5.41) is 0. The van der Waals surface area contributed by atoms with E-state index in [0.29, 0.717) is 0 Å². The van der Waals surface area contributed by atoms with Crippen LogP contribution in [0.2, 0.25) is 0 Å². The molecule has 0 aromatic carbocycles. The maximum Gasteiger partial charge on any atom is 0.220 e. The molecule has 3 heterocycles. The maximum absolute atomic E-state index is 11.7. The lowest BCUT2D eigenvalue weighted by Gasteiger charge is -2.22. The Hall–Kier alpha value is -2.24. The van der Waals surface area contributed by atoms with Crippen molar-refractivity contribution in [2.45, 2.75) is 32.7 Å². The van der Waals surface area contributed by atoms with Crippen LogP contribution in [0.1, 0.15) is 37.3 Å². The minimum absolute atomic E-state index is 0.0452. The van der Waals surface area contributed by atoms with Crippen molar-refractivity contribution in [2.75, 3.05) is 6.54 Å². The first-order valence-electron chi connectivity index (χ1n) is 6.76. The highest BCUT2D eigenvalue weighted by atomic mass is 16.2. The molecule has 0 spiro atoms. The van der Waals surface area contributed by atoms with E-state index in [1.54, 1.807) is 25.5 Å². The molecule has 3 rings (SSSR count). The molecule has 1 aliphatic rings. The zero-order chi connectivity index (χ0) is 14.1. The second-order valence-electron chi connectivity index (χ2n) is 5.02. The summed E-state index contributed by atoms with van der Waals surface area (Å²) in [7, 11) is 0. The van der Waals surface area contributed by atoms with Crippen LogP contribution in [0.15, 0.2) is 24.8 Å². The molecule has 2 aromatic heterocycles. The predicted octanol–water partition coefficient (Wildman–Crippen LogP) is 1.65. The van der Waals surface area contributed by atoms with Crippen molar-refractivity contribution in [3.8, 4) is 5.82 Å². The van der Waals surface area contributed by atoms with Crippen LogP contribution in [0, 0.1) is 6.92 Å². The first-order chi connectivity index (χ1) is 9.66. The van der Waals surface area contributed by atoms with E-state index in [4.69, 9.17) is 0 Å². The molecular weight excluding hydrogens is 254 g/mol. The molecule has 6 nitrogen and oxygen atoms in total. The van der Waals surface area contributed by atoms with Crippen molar-refractivity contribution < 1.29 is 4.79 Å². The third kappa shape index (κ3) is 2.17. The van der Waals surface area contributed by atoms with E-state index in [2.05, 4.69) is 15.0 Å². The Balaban J connectivity index is 1.96. The van der Waals surface area contributed by atoms with Gasteiger partial charge < -0.3 is 4.90 Å². The molecule has 1 aliphatic heterocycles. The van der Waals surface area contributed by atoms with Crippen molar-refractivity contribution in [1.82, 2.24) is 24.4 Å². The van der Waals surface area contributed by atoms with Crippen LogP contribution < -0.4 is 0 Å². The molecule has 1 fully saturated rings. The fourth-order valence-electron chi connectivity index (χ4n) is 2.72. The average molecular weight is 271 g/mol. The van der Waals surface area contributed by atoms with Crippen LogP contribution in [0.3, 0.4) is 0 Å². The van der Waals surface area contributed by atoms with Crippen LogP contribution in [0.4, 0.5) is 0 Å². The van der Waals surface area contributed by atoms with Gasteiger partial charge in [-0.05, 0) is 19.8 Å². The van der Waals surface area contributed by atoms with Crippen LogP contribution in [0.25, 0.3) is 5.82 Å². The number of rotatable bonds is 2. The van der Waals surface area contributed by atoms with Gasteiger partial charge in [-0.2, -0.15) is 0 Å². The summed E-state index contributed by atoms with van der Waals surface area (Å²) in [5.41, 5.74) is 0.850. The third-order valence-corrected chi connectivity index (χ3v) is 3.71. The Morgan fingerprint density at radius 2 is 2.25 bits per heavy atom. The van der Waals surface area contributed by atoms with E-state index >= 15 is 0 Å². The summed E-state index contributed by atoms with van der Waals surface area (Å²) in [4.78, 5) is 26.7. The second kappa shape index (κ2) is 5.03. The molecule has 1 atom stereocenters. The number of imidazole rings is 1. The molecular formula is C14H17N5O. The predicted molar refractivity (Wildman–Crippen MR) is 73.3 cm³/mol. The highest BCUT2D eigenvalue weighted by Crippen LogP contribution is 2.30. The van der Waals surface area contributed by atoms with Crippen LogP contribution >= 0.6 is 0 Å². The zero-order valence-electron chi connectivity index (χ0n) is 11.7. The van der Waals surface area contributed by atoms with Crippen molar-refractivity contribution in [1.29, 1.82) is 0 Å². The lowest BCUT2D eigenvalue weighted by atomic mass is 10.1. The topological polar surface area (TPSA) is 63.9 Å². The van der Waals surface area contributed by atoms with Gasteiger partial charge in [-0.15, -0.1) is 0 Å². The fraction of sp³-hybridized carbons (Fsp3) is 0.429. The van der Waals surface area contributed by atoms with E-state index < -0.39 is 0 Å². The first kappa shape index (κ1) is 12.8. The van der Waals surface area contributed by atoms with E-state index in [9.17, 15) is 4.79 Å². The summed E-state index contributed by atoms with van der Waals surface area (Å²) in [5.74, 6) is 1.71. The minimum Gasteiger partial charge on any atom is -0.334 e. The van der Waals surface area contributed by atoms with Crippen molar-refractivity contribution >= 4 is 5.91 Å². The Morgan fingerprint density at radius 3 is 2.95 bits per heavy atom. The zero-order valence-corrected chi connectivity index (χ0v) is 11.7. The average Bonchev–Trinajstić information content (AvgIpc) is 3.07. The highest BCUT2D eigenvalue weighted by Gasteiger charge is 2.29. The fourth-order valence-corrected chi connectivity index (χ4v) is 2.72. The standard InChI is InChI=1S/C14H17N5O/c1-10-16-5-7-18(10)14-9-15-8-12(17-14)13-4-3-6-19(13)11(2)20/h5,7-9,13H,3-4,6H2,1-2H3/t13-/m1/s1. The third-order valence-electron chi connectivity index (χ3n) is 3.71. The van der Waals surface area contributed by atoms with Gasteiger partial charge >= 0.3 is 0 Å². The van der Waals surface area contributed by atoms with Gasteiger partial charge in [0.15, 0.2) is 5.82 Å². The van der Waals surface area contributed by atoms with Gasteiger partial charge in [0, 0.05) is 25.9 Å². The van der Waals surface area contributed by atoms with Crippen molar-refractivity contribution in [3.63, 3.8) is 0 Å². The lowest BCUT2D eigenvalue weighted by Crippen LogP contribution is -2.28. The van der Waals surface area contributed by atoms with Gasteiger partial charge in [0.05, 0.1) is 24.1 Å². The molecule has 0 aliphatic carbocycles. The molecule has 0 N–H and O–H groups in total. The van der Waals surface area contributed by atoms with Gasteiger partial charge in [0.2, 0.25) is 5.91 Å². The van der Waals surface area contributed by atoms with Crippen LogP contribution in [0.5, 0.6) is 0 Å².